The summed E-state index contributed by atoms with van der Waals surface area (Å²) in [5.41, 5.74) is 6.89. The Balaban J connectivity index is 1.58. The number of hydrogen-bond donors (Lipinski definition) is 4. The molecule has 3 amide bonds. The van der Waals surface area contributed by atoms with Gasteiger partial charge < -0.3 is 26.0 Å². The first-order chi connectivity index (χ1) is 13.4. The number of nitrogens with zero attached hydrogens (tertiary/aromatic N) is 2. The van der Waals surface area contributed by atoms with Gasteiger partial charge in [0.15, 0.2) is 5.69 Å². The number of nitrogens with one attached hydrogen (secondary N) is 2. The average Bonchev–Trinajstić information content (AvgIpc) is 3.03. The highest BCUT2D eigenvalue weighted by Gasteiger charge is 2.15. The Hall–Kier alpha value is -3.88. The SMILES string of the molecule is NC(=O)c1c(O)ncn1Cc1ccc(NC(=O)NCc2ccccc2F)cc1. The zero-order valence-corrected chi connectivity index (χ0v) is 14.7. The van der Waals surface area contributed by atoms with Crippen LogP contribution >= 0.6 is 0 Å². The van der Waals surface area contributed by atoms with Crippen molar-refractivity contribution in [2.24, 2.45) is 5.73 Å². The number of primary amides is 1. The number of carbonyl (C=O) groups is 2. The lowest BCUT2D eigenvalue weighted by Crippen LogP contribution is -2.28. The maximum atomic E-state index is 13.5. The number of anilines is 1. The number of nitrogens with two attached hydrogens (primary N) is 1. The second-order valence-electron chi connectivity index (χ2n) is 6.00. The summed E-state index contributed by atoms with van der Waals surface area (Å²) in [6.45, 7) is 0.336. The number of benzene rings is 2. The van der Waals surface area contributed by atoms with E-state index in [1.165, 1.54) is 17.0 Å². The molecule has 0 fully saturated rings. The number of rotatable bonds is 6. The number of amides is 3. The first-order valence-corrected chi connectivity index (χ1v) is 8.35. The zero-order valence-electron chi connectivity index (χ0n) is 14.7. The van der Waals surface area contributed by atoms with Crippen LogP contribution in [-0.2, 0) is 13.1 Å². The van der Waals surface area contributed by atoms with Crippen LogP contribution in [0.3, 0.4) is 0 Å². The van der Waals surface area contributed by atoms with Crippen molar-refractivity contribution in [1.29, 1.82) is 0 Å². The van der Waals surface area contributed by atoms with E-state index in [1.54, 1.807) is 42.5 Å². The number of hydrogen-bond acceptors (Lipinski definition) is 4. The van der Waals surface area contributed by atoms with Gasteiger partial charge in [0.25, 0.3) is 5.91 Å². The molecule has 0 spiro atoms. The van der Waals surface area contributed by atoms with E-state index in [0.717, 1.165) is 5.56 Å². The second kappa shape index (κ2) is 8.21. The molecule has 144 valence electrons. The van der Waals surface area contributed by atoms with Crippen molar-refractivity contribution >= 4 is 17.6 Å². The minimum absolute atomic E-state index is 0.0661. The summed E-state index contributed by atoms with van der Waals surface area (Å²) in [7, 11) is 0. The lowest BCUT2D eigenvalue weighted by molar-refractivity contribution is 0.0989. The molecule has 0 atom stereocenters. The van der Waals surface area contributed by atoms with Gasteiger partial charge in [0.1, 0.15) is 5.82 Å². The lowest BCUT2D eigenvalue weighted by Gasteiger charge is -2.10. The first kappa shape index (κ1) is 18.9. The molecular formula is C19H18FN5O3. The standard InChI is InChI=1S/C19H18FN5O3/c20-15-4-2-1-3-13(15)9-22-19(28)24-14-7-5-12(6-8-14)10-25-11-23-18(27)16(25)17(21)26/h1-8,11,27H,9-10H2,(H2,21,26)(H2,22,24,28). The summed E-state index contributed by atoms with van der Waals surface area (Å²) < 4.78 is 15.0. The molecule has 8 nitrogen and oxygen atoms in total. The predicted molar refractivity (Wildman–Crippen MR) is 100 cm³/mol. The summed E-state index contributed by atoms with van der Waals surface area (Å²) in [6, 6.07) is 12.6. The zero-order chi connectivity index (χ0) is 20.1. The molecule has 0 aliphatic rings. The van der Waals surface area contributed by atoms with Crippen molar-refractivity contribution in [2.45, 2.75) is 13.1 Å². The third-order valence-corrected chi connectivity index (χ3v) is 4.01. The van der Waals surface area contributed by atoms with Crippen LogP contribution in [0.4, 0.5) is 14.9 Å². The fourth-order valence-electron chi connectivity index (χ4n) is 2.63. The van der Waals surface area contributed by atoms with Gasteiger partial charge >= 0.3 is 6.03 Å². The number of urea groups is 1. The van der Waals surface area contributed by atoms with Crippen LogP contribution in [0.5, 0.6) is 5.88 Å². The maximum Gasteiger partial charge on any atom is 0.319 e. The van der Waals surface area contributed by atoms with Crippen LogP contribution in [0.1, 0.15) is 21.6 Å². The fourth-order valence-corrected chi connectivity index (χ4v) is 2.63. The largest absolute Gasteiger partial charge is 0.492 e. The molecule has 2 aromatic carbocycles. The Morgan fingerprint density at radius 1 is 1.14 bits per heavy atom. The molecular weight excluding hydrogens is 365 g/mol. The van der Waals surface area contributed by atoms with Crippen LogP contribution in [0.2, 0.25) is 0 Å². The Kier molecular flexibility index (Phi) is 5.54. The van der Waals surface area contributed by atoms with Crippen molar-refractivity contribution < 1.29 is 19.1 Å². The quantitative estimate of drug-likeness (QED) is 0.521. The Bertz CT molecular complexity index is 1000. The lowest BCUT2D eigenvalue weighted by atomic mass is 10.2. The maximum absolute atomic E-state index is 13.5. The highest BCUT2D eigenvalue weighted by atomic mass is 19.1. The smallest absolute Gasteiger partial charge is 0.319 e. The Morgan fingerprint density at radius 3 is 2.54 bits per heavy atom. The van der Waals surface area contributed by atoms with E-state index >= 15 is 0 Å². The van der Waals surface area contributed by atoms with Gasteiger partial charge in [-0.05, 0) is 23.8 Å². The average molecular weight is 383 g/mol. The normalized spacial score (nSPS) is 10.5. The highest BCUT2D eigenvalue weighted by Crippen LogP contribution is 2.17. The van der Waals surface area contributed by atoms with Crippen molar-refractivity contribution in [2.75, 3.05) is 5.32 Å². The van der Waals surface area contributed by atoms with Gasteiger partial charge in [0.05, 0.1) is 6.33 Å². The van der Waals surface area contributed by atoms with Gasteiger partial charge in [-0.2, -0.15) is 0 Å². The van der Waals surface area contributed by atoms with Gasteiger partial charge in [-0.15, -0.1) is 0 Å². The number of halogens is 1. The molecule has 0 bridgehead atoms. The van der Waals surface area contributed by atoms with Gasteiger partial charge in [0, 0.05) is 24.3 Å². The molecule has 1 heterocycles. The van der Waals surface area contributed by atoms with E-state index in [1.807, 2.05) is 0 Å². The summed E-state index contributed by atoms with van der Waals surface area (Å²) in [5, 5.41) is 14.8. The van der Waals surface area contributed by atoms with Crippen LogP contribution in [0, 0.1) is 5.82 Å². The van der Waals surface area contributed by atoms with Gasteiger partial charge in [0.2, 0.25) is 5.88 Å². The molecule has 0 aliphatic carbocycles. The van der Waals surface area contributed by atoms with E-state index in [2.05, 4.69) is 15.6 Å². The molecule has 1 aromatic heterocycles. The van der Waals surface area contributed by atoms with Crippen molar-refractivity contribution in [1.82, 2.24) is 14.9 Å². The van der Waals surface area contributed by atoms with E-state index in [0.29, 0.717) is 11.3 Å². The molecule has 3 aromatic rings. The number of aromatic nitrogens is 2. The van der Waals surface area contributed by atoms with E-state index < -0.39 is 17.8 Å². The summed E-state index contributed by atoms with van der Waals surface area (Å²) >= 11 is 0. The Morgan fingerprint density at radius 2 is 1.86 bits per heavy atom. The molecule has 0 saturated carbocycles. The molecule has 0 aliphatic heterocycles. The molecule has 5 N–H and O–H groups in total. The van der Waals surface area contributed by atoms with Crippen molar-refractivity contribution in [3.8, 4) is 5.88 Å². The van der Waals surface area contributed by atoms with Gasteiger partial charge in [-0.3, -0.25) is 4.79 Å². The van der Waals surface area contributed by atoms with E-state index in [9.17, 15) is 19.1 Å². The number of aromatic hydroxyl groups is 1. The molecule has 9 heteroatoms. The van der Waals surface area contributed by atoms with E-state index in [-0.39, 0.29) is 24.6 Å². The van der Waals surface area contributed by atoms with Crippen molar-refractivity contribution in [3.05, 3.63) is 77.5 Å². The number of imidazole rings is 1. The molecule has 0 unspecified atom stereocenters. The summed E-state index contributed by atoms with van der Waals surface area (Å²) in [5.74, 6) is -1.58. The number of carbonyl (C=O) groups excluding carboxylic acids is 2. The van der Waals surface area contributed by atoms with Crippen LogP contribution in [0.25, 0.3) is 0 Å². The first-order valence-electron chi connectivity index (χ1n) is 8.35. The topological polar surface area (TPSA) is 122 Å². The summed E-state index contributed by atoms with van der Waals surface area (Å²) in [4.78, 5) is 27.0. The Labute approximate surface area is 159 Å². The third-order valence-electron chi connectivity index (χ3n) is 4.01. The molecule has 0 radical (unpaired) electrons. The minimum atomic E-state index is -0.778. The van der Waals surface area contributed by atoms with E-state index in [4.69, 9.17) is 5.73 Å². The summed E-state index contributed by atoms with van der Waals surface area (Å²) in [6.07, 6.45) is 1.32. The molecule has 28 heavy (non-hydrogen) atoms. The monoisotopic (exact) mass is 383 g/mol. The van der Waals surface area contributed by atoms with Crippen molar-refractivity contribution in [3.63, 3.8) is 0 Å². The third kappa shape index (κ3) is 4.44. The van der Waals surface area contributed by atoms with Crippen LogP contribution in [0.15, 0.2) is 54.9 Å². The van der Waals surface area contributed by atoms with Crippen LogP contribution < -0.4 is 16.4 Å². The highest BCUT2D eigenvalue weighted by molar-refractivity contribution is 5.93. The minimum Gasteiger partial charge on any atom is -0.492 e. The van der Waals surface area contributed by atoms with Gasteiger partial charge in [-0.25, -0.2) is 14.2 Å². The van der Waals surface area contributed by atoms with Crippen LogP contribution in [-0.4, -0.2) is 26.6 Å². The predicted octanol–water partition coefficient (Wildman–Crippen LogP) is 2.20. The fraction of sp³-hybridized carbons (Fsp3) is 0.105. The van der Waals surface area contributed by atoms with Gasteiger partial charge in [-0.1, -0.05) is 30.3 Å². The molecule has 0 saturated heterocycles. The molecule has 3 rings (SSSR count). The second-order valence-corrected chi connectivity index (χ2v) is 6.00.